The van der Waals surface area contributed by atoms with Crippen LogP contribution in [0, 0.1) is 29.3 Å². The molecule has 0 saturated heterocycles. The number of esters is 1. The van der Waals surface area contributed by atoms with E-state index in [0.717, 1.165) is 31.7 Å². The summed E-state index contributed by atoms with van der Waals surface area (Å²) >= 11 is 0. The van der Waals surface area contributed by atoms with E-state index in [1.54, 1.807) is 6.07 Å². The molecule has 0 spiro atoms. The Hall–Kier alpha value is -2.54. The summed E-state index contributed by atoms with van der Waals surface area (Å²) in [5.74, 6) is -4.17. The van der Waals surface area contributed by atoms with E-state index in [4.69, 9.17) is 4.74 Å². The molecule has 0 bridgehead atoms. The van der Waals surface area contributed by atoms with Crippen molar-refractivity contribution < 1.29 is 32.9 Å². The lowest BCUT2D eigenvalue weighted by atomic mass is 9.76. The van der Waals surface area contributed by atoms with Crippen molar-refractivity contribution in [2.24, 2.45) is 11.8 Å². The van der Waals surface area contributed by atoms with E-state index in [-0.39, 0.29) is 29.6 Å². The summed E-state index contributed by atoms with van der Waals surface area (Å²) in [5, 5.41) is 19.6. The van der Waals surface area contributed by atoms with Crippen LogP contribution in [0.15, 0.2) is 30.3 Å². The SMILES string of the molecule is CCCC(O)C1CCC(c2ccc(OC(=O)C3CCC(c4ccc(O)cc4F)CC3)c(F)c2F)CC1. The van der Waals surface area contributed by atoms with Crippen LogP contribution in [0.4, 0.5) is 13.2 Å². The lowest BCUT2D eigenvalue weighted by Gasteiger charge is -2.32. The number of aromatic hydroxyl groups is 1. The third kappa shape index (κ3) is 5.88. The number of phenols is 1. The number of aliphatic hydroxyl groups excluding tert-OH is 1. The molecule has 2 saturated carbocycles. The van der Waals surface area contributed by atoms with E-state index < -0.39 is 35.1 Å². The fourth-order valence-corrected chi connectivity index (χ4v) is 5.97. The van der Waals surface area contributed by atoms with Gasteiger partial charge in [-0.3, -0.25) is 4.79 Å². The topological polar surface area (TPSA) is 66.8 Å². The number of ether oxygens (including phenoxy) is 1. The molecule has 2 fully saturated rings. The highest BCUT2D eigenvalue weighted by molar-refractivity contribution is 5.75. The zero-order valence-corrected chi connectivity index (χ0v) is 20.7. The Kier molecular flexibility index (Phi) is 8.60. The largest absolute Gasteiger partial charge is 0.508 e. The molecule has 7 heteroatoms. The number of hydrogen-bond donors (Lipinski definition) is 2. The minimum absolute atomic E-state index is 0.0683. The van der Waals surface area contributed by atoms with Crippen LogP contribution in [0.25, 0.3) is 0 Å². The van der Waals surface area contributed by atoms with E-state index in [9.17, 15) is 28.2 Å². The molecule has 0 radical (unpaired) electrons. The molecule has 196 valence electrons. The molecule has 1 unspecified atom stereocenters. The van der Waals surface area contributed by atoms with E-state index in [1.807, 2.05) is 6.92 Å². The minimum atomic E-state index is -1.14. The predicted octanol–water partition coefficient (Wildman–Crippen LogP) is 7.12. The molecule has 2 aromatic rings. The molecule has 0 aromatic heterocycles. The van der Waals surface area contributed by atoms with Gasteiger partial charge in [-0.25, -0.2) is 8.78 Å². The van der Waals surface area contributed by atoms with Crippen molar-refractivity contribution in [3.05, 3.63) is 58.9 Å². The van der Waals surface area contributed by atoms with Gasteiger partial charge >= 0.3 is 5.97 Å². The maximum Gasteiger partial charge on any atom is 0.314 e. The fraction of sp³-hybridized carbons (Fsp3) is 0.552. The maximum atomic E-state index is 15.0. The van der Waals surface area contributed by atoms with Crippen molar-refractivity contribution in [2.45, 2.75) is 89.1 Å². The van der Waals surface area contributed by atoms with Crippen molar-refractivity contribution in [3.8, 4) is 11.5 Å². The van der Waals surface area contributed by atoms with E-state index in [0.29, 0.717) is 49.7 Å². The Morgan fingerprint density at radius 2 is 1.53 bits per heavy atom. The Morgan fingerprint density at radius 1 is 0.917 bits per heavy atom. The van der Waals surface area contributed by atoms with Crippen molar-refractivity contribution in [1.29, 1.82) is 0 Å². The highest BCUT2D eigenvalue weighted by Crippen LogP contribution is 2.41. The molecule has 4 rings (SSSR count). The molecule has 0 aliphatic heterocycles. The van der Waals surface area contributed by atoms with Gasteiger partial charge in [0.25, 0.3) is 0 Å². The molecule has 2 N–H and O–H groups in total. The summed E-state index contributed by atoms with van der Waals surface area (Å²) in [5.41, 5.74) is 0.810. The van der Waals surface area contributed by atoms with Crippen LogP contribution in [0.5, 0.6) is 11.5 Å². The molecule has 4 nitrogen and oxygen atoms in total. The summed E-state index contributed by atoms with van der Waals surface area (Å²) in [6.45, 7) is 2.03. The third-order valence-corrected chi connectivity index (χ3v) is 8.11. The van der Waals surface area contributed by atoms with Gasteiger partial charge in [0.1, 0.15) is 11.6 Å². The average Bonchev–Trinajstić information content (AvgIpc) is 2.87. The Labute approximate surface area is 210 Å². The second kappa shape index (κ2) is 11.7. The fourth-order valence-electron chi connectivity index (χ4n) is 5.97. The number of halogens is 3. The van der Waals surface area contributed by atoms with Crippen molar-refractivity contribution in [3.63, 3.8) is 0 Å². The van der Waals surface area contributed by atoms with Gasteiger partial charge in [0, 0.05) is 6.07 Å². The smallest absolute Gasteiger partial charge is 0.314 e. The predicted molar refractivity (Wildman–Crippen MR) is 130 cm³/mol. The number of hydrogen-bond acceptors (Lipinski definition) is 4. The summed E-state index contributed by atoms with van der Waals surface area (Å²) in [7, 11) is 0. The van der Waals surface area contributed by atoms with Crippen molar-refractivity contribution in [1.82, 2.24) is 0 Å². The zero-order chi connectivity index (χ0) is 25.8. The van der Waals surface area contributed by atoms with Crippen LogP contribution in [0.3, 0.4) is 0 Å². The summed E-state index contributed by atoms with van der Waals surface area (Å²) in [6, 6.07) is 6.94. The van der Waals surface area contributed by atoms with Gasteiger partial charge in [-0.2, -0.15) is 4.39 Å². The Balaban J connectivity index is 1.34. The Morgan fingerprint density at radius 3 is 2.17 bits per heavy atom. The van der Waals surface area contributed by atoms with Crippen molar-refractivity contribution in [2.75, 3.05) is 0 Å². The number of carbonyl (C=O) groups is 1. The highest BCUT2D eigenvalue weighted by Gasteiger charge is 2.32. The average molecular weight is 505 g/mol. The number of aliphatic hydroxyl groups is 1. The second-order valence-corrected chi connectivity index (χ2v) is 10.4. The van der Waals surface area contributed by atoms with Crippen LogP contribution < -0.4 is 4.74 Å². The Bertz CT molecular complexity index is 1060. The summed E-state index contributed by atoms with van der Waals surface area (Å²) in [6.07, 6.45) is 6.30. The first-order valence-electron chi connectivity index (χ1n) is 13.1. The molecular weight excluding hydrogens is 469 g/mol. The molecule has 1 atom stereocenters. The van der Waals surface area contributed by atoms with Crippen LogP contribution in [0.2, 0.25) is 0 Å². The number of benzene rings is 2. The quantitative estimate of drug-likeness (QED) is 0.311. The summed E-state index contributed by atoms with van der Waals surface area (Å²) in [4.78, 5) is 12.7. The normalized spacial score (nSPS) is 25.4. The third-order valence-electron chi connectivity index (χ3n) is 8.11. The second-order valence-electron chi connectivity index (χ2n) is 10.4. The monoisotopic (exact) mass is 504 g/mol. The lowest BCUT2D eigenvalue weighted by Crippen LogP contribution is -2.26. The number of carbonyl (C=O) groups excluding carboxylic acids is 1. The first kappa shape index (κ1) is 26.5. The molecule has 2 aliphatic carbocycles. The van der Waals surface area contributed by atoms with Gasteiger partial charge in [0.15, 0.2) is 11.6 Å². The van der Waals surface area contributed by atoms with Crippen LogP contribution >= 0.6 is 0 Å². The highest BCUT2D eigenvalue weighted by atomic mass is 19.2. The molecule has 2 aromatic carbocycles. The molecular formula is C29H35F3O4. The van der Waals surface area contributed by atoms with Gasteiger partial charge in [-0.05, 0) is 98.8 Å². The number of phenolic OH excluding ortho intramolecular Hbond substituents is 1. The minimum Gasteiger partial charge on any atom is -0.508 e. The lowest BCUT2D eigenvalue weighted by molar-refractivity contribution is -0.140. The van der Waals surface area contributed by atoms with Crippen LogP contribution in [-0.4, -0.2) is 22.3 Å². The van der Waals surface area contributed by atoms with Crippen LogP contribution in [-0.2, 0) is 4.79 Å². The summed E-state index contributed by atoms with van der Waals surface area (Å²) < 4.78 is 49.3. The first-order valence-corrected chi connectivity index (χ1v) is 13.1. The van der Waals surface area contributed by atoms with Crippen molar-refractivity contribution >= 4 is 5.97 Å². The standard InChI is InChI=1S/C29H35F3O4/c1-2-3-25(34)19-8-4-18(5-9-19)23-14-15-26(28(32)27(23)31)36-29(35)20-10-6-17(7-11-20)22-13-12-21(33)16-24(22)30/h12-20,25,33-34H,2-11H2,1H3. The van der Waals surface area contributed by atoms with Gasteiger partial charge in [0.2, 0.25) is 5.82 Å². The van der Waals surface area contributed by atoms with Gasteiger partial charge < -0.3 is 14.9 Å². The number of rotatable bonds is 7. The van der Waals surface area contributed by atoms with Gasteiger partial charge in [0.05, 0.1) is 12.0 Å². The van der Waals surface area contributed by atoms with Crippen LogP contribution in [0.1, 0.15) is 94.1 Å². The van der Waals surface area contributed by atoms with Gasteiger partial charge in [-0.1, -0.05) is 25.5 Å². The molecule has 0 amide bonds. The molecule has 0 heterocycles. The van der Waals surface area contributed by atoms with Gasteiger partial charge in [-0.15, -0.1) is 0 Å². The van der Waals surface area contributed by atoms with E-state index >= 15 is 0 Å². The maximum absolute atomic E-state index is 15.0. The molecule has 2 aliphatic rings. The van der Waals surface area contributed by atoms with E-state index in [1.165, 1.54) is 18.2 Å². The first-order chi connectivity index (χ1) is 17.3. The zero-order valence-electron chi connectivity index (χ0n) is 20.7. The molecule has 36 heavy (non-hydrogen) atoms. The van der Waals surface area contributed by atoms with E-state index in [2.05, 4.69) is 0 Å².